The Morgan fingerprint density at radius 3 is 2.48 bits per heavy atom. The maximum atomic E-state index is 13.8. The predicted molar refractivity (Wildman–Crippen MR) is 79.9 cm³/mol. The van der Waals surface area contributed by atoms with Crippen molar-refractivity contribution in [3.05, 3.63) is 22.7 Å². The maximum Gasteiger partial charge on any atom is 0.415 e. The quantitative estimate of drug-likeness (QED) is 0.307. The summed E-state index contributed by atoms with van der Waals surface area (Å²) < 4.78 is 36.2. The first-order valence-corrected chi connectivity index (χ1v) is 7.07. The van der Waals surface area contributed by atoms with Crippen molar-refractivity contribution in [1.29, 1.82) is 0 Å². The van der Waals surface area contributed by atoms with Crippen LogP contribution in [0.4, 0.5) is 19.4 Å². The number of carbonyl (C=O) groups is 3. The number of esters is 1. The number of alkyl halides is 2. The van der Waals surface area contributed by atoms with Crippen molar-refractivity contribution in [2.45, 2.75) is 25.1 Å². The van der Waals surface area contributed by atoms with E-state index < -0.39 is 61.0 Å². The Kier molecular flexibility index (Phi) is 7.45. The Hall–Kier alpha value is -2.97. The molecule has 0 saturated carbocycles. The standard InChI is InChI=1S/C13H15F2N3O9/c1-6(20)26-5-27-12(25)17-8-2-3-18(11(24)16-8)10(23)13(14,15)9(22)7(21)4-19/h2-3,7,9,19,21-22H,4-5H2,1H3,(H,16,17,24,25)/t7-,9-/m1/s1. The fourth-order valence-corrected chi connectivity index (χ4v) is 1.56. The van der Waals surface area contributed by atoms with E-state index in [1.807, 2.05) is 5.32 Å². The van der Waals surface area contributed by atoms with Crippen molar-refractivity contribution in [2.75, 3.05) is 18.7 Å². The van der Waals surface area contributed by atoms with E-state index in [2.05, 4.69) is 14.5 Å². The van der Waals surface area contributed by atoms with Gasteiger partial charge in [0.25, 0.3) is 0 Å². The lowest BCUT2D eigenvalue weighted by molar-refractivity contribution is -0.148. The Balaban J connectivity index is 2.88. The van der Waals surface area contributed by atoms with Gasteiger partial charge in [0, 0.05) is 13.1 Å². The molecule has 0 aliphatic heterocycles. The van der Waals surface area contributed by atoms with E-state index in [0.29, 0.717) is 6.20 Å². The number of nitrogens with one attached hydrogen (secondary N) is 1. The van der Waals surface area contributed by atoms with Gasteiger partial charge in [-0.15, -0.1) is 0 Å². The molecule has 0 bridgehead atoms. The van der Waals surface area contributed by atoms with Crippen LogP contribution in [0, 0.1) is 0 Å². The minimum absolute atomic E-state index is 0.164. The van der Waals surface area contributed by atoms with Crippen molar-refractivity contribution in [3.63, 3.8) is 0 Å². The van der Waals surface area contributed by atoms with Gasteiger partial charge in [-0.3, -0.25) is 14.9 Å². The largest absolute Gasteiger partial charge is 0.428 e. The van der Waals surface area contributed by atoms with Crippen LogP contribution >= 0.6 is 0 Å². The van der Waals surface area contributed by atoms with E-state index in [4.69, 9.17) is 10.2 Å². The molecule has 1 aromatic rings. The fourth-order valence-electron chi connectivity index (χ4n) is 1.56. The highest BCUT2D eigenvalue weighted by Gasteiger charge is 2.50. The Morgan fingerprint density at radius 1 is 1.33 bits per heavy atom. The second-order valence-electron chi connectivity index (χ2n) is 4.90. The molecule has 0 aliphatic rings. The molecule has 27 heavy (non-hydrogen) atoms. The average molecular weight is 395 g/mol. The van der Waals surface area contributed by atoms with E-state index in [1.54, 1.807) is 0 Å². The lowest BCUT2D eigenvalue weighted by Gasteiger charge is -2.24. The molecule has 1 amide bonds. The third-order valence-electron chi connectivity index (χ3n) is 2.91. The Labute approximate surface area is 149 Å². The molecule has 0 unspecified atom stereocenters. The maximum absolute atomic E-state index is 13.8. The third-order valence-corrected chi connectivity index (χ3v) is 2.91. The van der Waals surface area contributed by atoms with Crippen molar-refractivity contribution < 1.29 is 48.0 Å². The second kappa shape index (κ2) is 9.11. The smallest absolute Gasteiger partial charge is 0.415 e. The number of hydrogen-bond acceptors (Lipinski definition) is 10. The summed E-state index contributed by atoms with van der Waals surface area (Å²) in [5.74, 6) is -8.04. The summed E-state index contributed by atoms with van der Waals surface area (Å²) in [6, 6.07) is 0.789. The summed E-state index contributed by atoms with van der Waals surface area (Å²) in [6.45, 7) is -0.921. The summed E-state index contributed by atoms with van der Waals surface area (Å²) in [5.41, 5.74) is -1.54. The molecule has 0 aromatic carbocycles. The molecular formula is C13H15F2N3O9. The SMILES string of the molecule is CC(=O)OCOC(=O)Nc1ccn(C(=O)C(F)(F)[C@H](O)[C@H](O)CO)c(=O)n1. The summed E-state index contributed by atoms with van der Waals surface area (Å²) in [6.07, 6.45) is -5.97. The highest BCUT2D eigenvalue weighted by molar-refractivity contribution is 5.87. The van der Waals surface area contributed by atoms with Crippen LogP contribution in [0.25, 0.3) is 0 Å². The van der Waals surface area contributed by atoms with E-state index in [0.717, 1.165) is 13.0 Å². The van der Waals surface area contributed by atoms with Gasteiger partial charge >= 0.3 is 29.6 Å². The first kappa shape index (κ1) is 22.1. The van der Waals surface area contributed by atoms with E-state index in [-0.39, 0.29) is 4.57 Å². The number of aliphatic hydroxyl groups is 3. The zero-order valence-corrected chi connectivity index (χ0v) is 13.7. The number of rotatable bonds is 7. The molecule has 0 saturated heterocycles. The highest BCUT2D eigenvalue weighted by atomic mass is 19.3. The van der Waals surface area contributed by atoms with Crippen LogP contribution in [0.5, 0.6) is 0 Å². The van der Waals surface area contributed by atoms with Gasteiger partial charge in [-0.05, 0) is 6.07 Å². The predicted octanol–water partition coefficient (Wildman–Crippen LogP) is -1.70. The van der Waals surface area contributed by atoms with E-state index >= 15 is 0 Å². The molecule has 0 radical (unpaired) electrons. The highest BCUT2D eigenvalue weighted by Crippen LogP contribution is 2.23. The van der Waals surface area contributed by atoms with Crippen molar-refractivity contribution >= 4 is 23.8 Å². The fraction of sp³-hybridized carbons (Fsp3) is 0.462. The second-order valence-corrected chi connectivity index (χ2v) is 4.90. The van der Waals surface area contributed by atoms with Crippen LogP contribution in [-0.2, 0) is 14.3 Å². The van der Waals surface area contributed by atoms with Crippen LogP contribution < -0.4 is 11.0 Å². The first-order valence-electron chi connectivity index (χ1n) is 7.07. The molecule has 14 heteroatoms. The number of amides is 1. The summed E-state index contributed by atoms with van der Waals surface area (Å²) in [4.78, 5) is 48.4. The number of anilines is 1. The molecule has 0 fully saturated rings. The Morgan fingerprint density at radius 2 is 1.96 bits per heavy atom. The number of nitrogens with zero attached hydrogens (tertiary/aromatic N) is 2. The van der Waals surface area contributed by atoms with Gasteiger partial charge in [0.2, 0.25) is 6.79 Å². The molecule has 1 rings (SSSR count). The normalized spacial score (nSPS) is 13.4. The van der Waals surface area contributed by atoms with Crippen LogP contribution in [0.2, 0.25) is 0 Å². The van der Waals surface area contributed by atoms with Gasteiger partial charge in [0.1, 0.15) is 11.9 Å². The van der Waals surface area contributed by atoms with E-state index in [9.17, 15) is 33.1 Å². The van der Waals surface area contributed by atoms with Crippen LogP contribution in [0.1, 0.15) is 11.7 Å². The van der Waals surface area contributed by atoms with Gasteiger partial charge in [-0.1, -0.05) is 0 Å². The van der Waals surface area contributed by atoms with Crippen LogP contribution in [0.15, 0.2) is 17.1 Å². The summed E-state index contributed by atoms with van der Waals surface area (Å²) in [7, 11) is 0. The lowest BCUT2D eigenvalue weighted by atomic mass is 10.1. The van der Waals surface area contributed by atoms with Gasteiger partial charge in [-0.2, -0.15) is 13.8 Å². The number of aromatic nitrogens is 2. The third kappa shape index (κ3) is 5.77. The molecule has 2 atom stereocenters. The van der Waals surface area contributed by atoms with E-state index in [1.165, 1.54) is 0 Å². The van der Waals surface area contributed by atoms with Gasteiger partial charge < -0.3 is 24.8 Å². The van der Waals surface area contributed by atoms with Crippen molar-refractivity contribution in [3.8, 4) is 0 Å². The zero-order chi connectivity index (χ0) is 20.8. The van der Waals surface area contributed by atoms with Crippen molar-refractivity contribution in [2.24, 2.45) is 0 Å². The average Bonchev–Trinajstić information content (AvgIpc) is 2.59. The minimum Gasteiger partial charge on any atom is -0.428 e. The number of hydrogen-bond donors (Lipinski definition) is 4. The number of carbonyl (C=O) groups excluding carboxylic acids is 3. The molecule has 0 aliphatic carbocycles. The van der Waals surface area contributed by atoms with Crippen molar-refractivity contribution in [1.82, 2.24) is 9.55 Å². The zero-order valence-electron chi connectivity index (χ0n) is 13.7. The first-order chi connectivity index (χ1) is 12.5. The molecule has 12 nitrogen and oxygen atoms in total. The number of aliphatic hydroxyl groups excluding tert-OH is 3. The van der Waals surface area contributed by atoms with Gasteiger partial charge in [-0.25, -0.2) is 14.2 Å². The Bertz CT molecular complexity index is 768. The van der Waals surface area contributed by atoms with Gasteiger partial charge in [0.15, 0.2) is 6.10 Å². The monoisotopic (exact) mass is 395 g/mol. The van der Waals surface area contributed by atoms with Crippen LogP contribution in [0.3, 0.4) is 0 Å². The molecule has 4 N–H and O–H groups in total. The molecular weight excluding hydrogens is 380 g/mol. The summed E-state index contributed by atoms with van der Waals surface area (Å²) >= 11 is 0. The topological polar surface area (TPSA) is 177 Å². The summed E-state index contributed by atoms with van der Waals surface area (Å²) in [5, 5.41) is 28.8. The molecule has 150 valence electrons. The number of halogens is 2. The lowest BCUT2D eigenvalue weighted by Crippen LogP contribution is -2.53. The van der Waals surface area contributed by atoms with Gasteiger partial charge in [0.05, 0.1) is 6.61 Å². The number of ether oxygens (including phenoxy) is 2. The molecule has 1 aromatic heterocycles. The van der Waals surface area contributed by atoms with Crippen LogP contribution in [-0.4, -0.2) is 74.4 Å². The molecule has 1 heterocycles. The minimum atomic E-state index is -4.62. The molecule has 0 spiro atoms.